The third kappa shape index (κ3) is 10.3. The molecule has 0 aromatic carbocycles. The summed E-state index contributed by atoms with van der Waals surface area (Å²) in [5.41, 5.74) is 5.71. The quantitative estimate of drug-likeness (QED) is 0.447. The predicted molar refractivity (Wildman–Crippen MR) is 71.8 cm³/mol. The summed E-state index contributed by atoms with van der Waals surface area (Å²) in [5, 5.41) is 0. The van der Waals surface area contributed by atoms with Gasteiger partial charge in [-0.3, -0.25) is 4.79 Å². The SMILES string of the molecule is CCCCCCCCOC(=O)[C@@H](N)CCCC. The molecule has 3 nitrogen and oxygen atoms in total. The number of nitrogens with two attached hydrogens (primary N) is 1. The lowest BCUT2D eigenvalue weighted by Gasteiger charge is -2.10. The van der Waals surface area contributed by atoms with Crippen LogP contribution in [0.15, 0.2) is 0 Å². The van der Waals surface area contributed by atoms with Crippen molar-refractivity contribution < 1.29 is 9.53 Å². The summed E-state index contributed by atoms with van der Waals surface area (Å²) < 4.78 is 5.14. The van der Waals surface area contributed by atoms with Crippen LogP contribution >= 0.6 is 0 Å². The second kappa shape index (κ2) is 11.9. The Balaban J connectivity index is 3.32. The molecule has 0 aliphatic carbocycles. The molecule has 0 saturated carbocycles. The van der Waals surface area contributed by atoms with Gasteiger partial charge in [0.1, 0.15) is 6.04 Å². The summed E-state index contributed by atoms with van der Waals surface area (Å²) >= 11 is 0. The summed E-state index contributed by atoms with van der Waals surface area (Å²) in [6, 6.07) is -0.421. The number of carbonyl (C=O) groups excluding carboxylic acids is 1. The van der Waals surface area contributed by atoms with Crippen LogP contribution in [0.1, 0.15) is 71.6 Å². The van der Waals surface area contributed by atoms with Crippen molar-refractivity contribution in [1.82, 2.24) is 0 Å². The molecular formula is C14H29NO2. The van der Waals surface area contributed by atoms with Crippen LogP contribution in [-0.2, 0) is 9.53 Å². The van der Waals surface area contributed by atoms with E-state index in [-0.39, 0.29) is 5.97 Å². The molecule has 0 bridgehead atoms. The molecule has 0 aliphatic rings. The van der Waals surface area contributed by atoms with E-state index in [0.29, 0.717) is 6.61 Å². The lowest BCUT2D eigenvalue weighted by Crippen LogP contribution is -2.32. The highest BCUT2D eigenvalue weighted by Crippen LogP contribution is 2.06. The first kappa shape index (κ1) is 16.4. The second-order valence-electron chi connectivity index (χ2n) is 4.68. The van der Waals surface area contributed by atoms with Crippen LogP contribution in [0.3, 0.4) is 0 Å². The van der Waals surface area contributed by atoms with Gasteiger partial charge in [0.2, 0.25) is 0 Å². The number of hydrogen-bond acceptors (Lipinski definition) is 3. The number of ether oxygens (including phenoxy) is 1. The molecule has 0 heterocycles. The standard InChI is InChI=1S/C14H29NO2/c1-3-5-7-8-9-10-12-17-14(16)13(15)11-6-4-2/h13H,3-12,15H2,1-2H3/t13-/m0/s1. The second-order valence-corrected chi connectivity index (χ2v) is 4.68. The van der Waals surface area contributed by atoms with E-state index in [1.807, 2.05) is 0 Å². The van der Waals surface area contributed by atoms with E-state index in [1.54, 1.807) is 0 Å². The Morgan fingerprint density at radius 1 is 1.00 bits per heavy atom. The molecule has 0 amide bonds. The Labute approximate surface area is 106 Å². The van der Waals surface area contributed by atoms with Crippen molar-refractivity contribution in [2.45, 2.75) is 77.7 Å². The van der Waals surface area contributed by atoms with Crippen molar-refractivity contribution in [3.63, 3.8) is 0 Å². The van der Waals surface area contributed by atoms with Gasteiger partial charge < -0.3 is 10.5 Å². The van der Waals surface area contributed by atoms with Gasteiger partial charge in [0.05, 0.1) is 6.61 Å². The van der Waals surface area contributed by atoms with Gasteiger partial charge in [-0.15, -0.1) is 0 Å². The van der Waals surface area contributed by atoms with Gasteiger partial charge in [-0.25, -0.2) is 0 Å². The minimum Gasteiger partial charge on any atom is -0.465 e. The molecule has 102 valence electrons. The molecule has 3 heteroatoms. The number of rotatable bonds is 11. The Bertz CT molecular complexity index is 183. The fourth-order valence-corrected chi connectivity index (χ4v) is 1.70. The molecule has 0 unspecified atom stereocenters. The van der Waals surface area contributed by atoms with Crippen LogP contribution in [-0.4, -0.2) is 18.6 Å². The minimum atomic E-state index is -0.421. The number of hydrogen-bond donors (Lipinski definition) is 1. The van der Waals surface area contributed by atoms with Crippen molar-refractivity contribution >= 4 is 5.97 Å². The van der Waals surface area contributed by atoms with Crippen LogP contribution < -0.4 is 5.73 Å². The first-order valence-corrected chi connectivity index (χ1v) is 7.14. The van der Waals surface area contributed by atoms with Gasteiger partial charge in [-0.1, -0.05) is 58.8 Å². The molecule has 0 saturated heterocycles. The topological polar surface area (TPSA) is 52.3 Å². The van der Waals surface area contributed by atoms with Crippen molar-refractivity contribution in [2.75, 3.05) is 6.61 Å². The summed E-state index contributed by atoms with van der Waals surface area (Å²) in [6.45, 7) is 4.83. The van der Waals surface area contributed by atoms with Crippen LogP contribution in [0.25, 0.3) is 0 Å². The average molecular weight is 243 g/mol. The van der Waals surface area contributed by atoms with E-state index < -0.39 is 6.04 Å². The zero-order valence-electron chi connectivity index (χ0n) is 11.5. The zero-order valence-corrected chi connectivity index (χ0v) is 11.5. The molecule has 0 aromatic rings. The van der Waals surface area contributed by atoms with Crippen molar-refractivity contribution in [3.05, 3.63) is 0 Å². The molecule has 0 radical (unpaired) electrons. The molecule has 0 rings (SSSR count). The van der Waals surface area contributed by atoms with Crippen LogP contribution in [0.5, 0.6) is 0 Å². The molecule has 0 aliphatic heterocycles. The van der Waals surface area contributed by atoms with E-state index >= 15 is 0 Å². The number of carbonyl (C=O) groups is 1. The highest BCUT2D eigenvalue weighted by Gasteiger charge is 2.13. The van der Waals surface area contributed by atoms with Crippen molar-refractivity contribution in [2.24, 2.45) is 5.73 Å². The smallest absolute Gasteiger partial charge is 0.322 e. The monoisotopic (exact) mass is 243 g/mol. The predicted octanol–water partition coefficient (Wildman–Crippen LogP) is 3.41. The molecule has 17 heavy (non-hydrogen) atoms. The van der Waals surface area contributed by atoms with Gasteiger partial charge in [-0.2, -0.15) is 0 Å². The Morgan fingerprint density at radius 3 is 2.24 bits per heavy atom. The Morgan fingerprint density at radius 2 is 1.59 bits per heavy atom. The lowest BCUT2D eigenvalue weighted by molar-refractivity contribution is -0.145. The molecule has 2 N–H and O–H groups in total. The molecule has 1 atom stereocenters. The van der Waals surface area contributed by atoms with Gasteiger partial charge in [0.15, 0.2) is 0 Å². The van der Waals surface area contributed by atoms with E-state index in [0.717, 1.165) is 32.1 Å². The Kier molecular flexibility index (Phi) is 11.5. The highest BCUT2D eigenvalue weighted by molar-refractivity contribution is 5.75. The fourth-order valence-electron chi connectivity index (χ4n) is 1.70. The summed E-state index contributed by atoms with van der Waals surface area (Å²) in [4.78, 5) is 11.4. The summed E-state index contributed by atoms with van der Waals surface area (Å²) in [7, 11) is 0. The summed E-state index contributed by atoms with van der Waals surface area (Å²) in [6.07, 6.45) is 10.0. The summed E-state index contributed by atoms with van der Waals surface area (Å²) in [5.74, 6) is -0.230. The van der Waals surface area contributed by atoms with Crippen LogP contribution in [0, 0.1) is 0 Å². The third-order valence-electron chi connectivity index (χ3n) is 2.91. The zero-order chi connectivity index (χ0) is 12.9. The largest absolute Gasteiger partial charge is 0.465 e. The minimum absolute atomic E-state index is 0.230. The van der Waals surface area contributed by atoms with E-state index in [2.05, 4.69) is 13.8 Å². The van der Waals surface area contributed by atoms with Gasteiger partial charge in [-0.05, 0) is 12.8 Å². The molecule has 0 spiro atoms. The maximum absolute atomic E-state index is 11.4. The molecule has 0 fully saturated rings. The van der Waals surface area contributed by atoms with E-state index in [4.69, 9.17) is 10.5 Å². The Hall–Kier alpha value is -0.570. The highest BCUT2D eigenvalue weighted by atomic mass is 16.5. The van der Waals surface area contributed by atoms with Crippen molar-refractivity contribution in [1.29, 1.82) is 0 Å². The maximum atomic E-state index is 11.4. The average Bonchev–Trinajstić information content (AvgIpc) is 2.34. The van der Waals surface area contributed by atoms with E-state index in [1.165, 1.54) is 25.7 Å². The molecule has 0 aromatic heterocycles. The maximum Gasteiger partial charge on any atom is 0.322 e. The molecular weight excluding hydrogens is 214 g/mol. The van der Waals surface area contributed by atoms with Gasteiger partial charge >= 0.3 is 5.97 Å². The van der Waals surface area contributed by atoms with Gasteiger partial charge in [0.25, 0.3) is 0 Å². The van der Waals surface area contributed by atoms with Gasteiger partial charge in [0, 0.05) is 0 Å². The fraction of sp³-hybridized carbons (Fsp3) is 0.929. The number of unbranched alkanes of at least 4 members (excludes halogenated alkanes) is 6. The lowest BCUT2D eigenvalue weighted by atomic mass is 10.1. The van der Waals surface area contributed by atoms with Crippen LogP contribution in [0.2, 0.25) is 0 Å². The first-order valence-electron chi connectivity index (χ1n) is 7.14. The van der Waals surface area contributed by atoms with Crippen molar-refractivity contribution in [3.8, 4) is 0 Å². The van der Waals surface area contributed by atoms with E-state index in [9.17, 15) is 4.79 Å². The third-order valence-corrected chi connectivity index (χ3v) is 2.91. The normalized spacial score (nSPS) is 12.4. The number of esters is 1. The van der Waals surface area contributed by atoms with Crippen LogP contribution in [0.4, 0.5) is 0 Å². The first-order chi connectivity index (χ1) is 8.22.